The van der Waals surface area contributed by atoms with Gasteiger partial charge in [0.15, 0.2) is 6.61 Å². The first-order valence-corrected chi connectivity index (χ1v) is 8.83. The highest BCUT2D eigenvalue weighted by Gasteiger charge is 2.23. The van der Waals surface area contributed by atoms with Crippen LogP contribution < -0.4 is 10.0 Å². The lowest BCUT2D eigenvalue weighted by Gasteiger charge is -2.20. The Balaban J connectivity index is 2.32. The molecule has 9 heteroatoms. The minimum absolute atomic E-state index is 0.0122. The van der Waals surface area contributed by atoms with Crippen molar-refractivity contribution in [1.29, 1.82) is 0 Å². The Morgan fingerprint density at radius 3 is 2.48 bits per heavy atom. The third kappa shape index (κ3) is 4.49. The summed E-state index contributed by atoms with van der Waals surface area (Å²) >= 11 is 5.89. The number of benzene rings is 2. The van der Waals surface area contributed by atoms with Crippen LogP contribution in [0.15, 0.2) is 53.4 Å². The fourth-order valence-electron chi connectivity index (χ4n) is 1.97. The number of nitrogens with two attached hydrogens (primary N) is 1. The van der Waals surface area contributed by atoms with Crippen LogP contribution in [0.4, 0.5) is 5.69 Å². The standard InChI is InChI=1S/C16H15ClN2O5S/c1-19(13-6-3-5-12(17)9-13)25(22,23)14-7-2-4-11(8-14)16(21)24-10-15(18)20/h2-9H,10H2,1H3,(H2,18,20). The molecule has 0 fully saturated rings. The summed E-state index contributed by atoms with van der Waals surface area (Å²) in [5, 5.41) is 0.392. The Morgan fingerprint density at radius 1 is 1.16 bits per heavy atom. The lowest BCUT2D eigenvalue weighted by atomic mass is 10.2. The molecule has 132 valence electrons. The van der Waals surface area contributed by atoms with E-state index < -0.39 is 28.5 Å². The smallest absolute Gasteiger partial charge is 0.338 e. The number of primary amides is 1. The number of nitrogens with zero attached hydrogens (tertiary/aromatic N) is 1. The number of esters is 1. The monoisotopic (exact) mass is 382 g/mol. The SMILES string of the molecule is CN(c1cccc(Cl)c1)S(=O)(=O)c1cccc(C(=O)OCC(N)=O)c1. The average molecular weight is 383 g/mol. The molecule has 7 nitrogen and oxygen atoms in total. The quantitative estimate of drug-likeness (QED) is 0.766. The van der Waals surface area contributed by atoms with Crippen molar-refractivity contribution in [1.82, 2.24) is 0 Å². The lowest BCUT2D eigenvalue weighted by Crippen LogP contribution is -2.27. The number of amides is 1. The van der Waals surface area contributed by atoms with Crippen molar-refractivity contribution in [2.24, 2.45) is 5.73 Å². The maximum atomic E-state index is 12.7. The van der Waals surface area contributed by atoms with E-state index in [0.717, 1.165) is 4.31 Å². The molecule has 0 aromatic heterocycles. The van der Waals surface area contributed by atoms with Crippen molar-refractivity contribution >= 4 is 39.2 Å². The highest BCUT2D eigenvalue weighted by Crippen LogP contribution is 2.25. The lowest BCUT2D eigenvalue weighted by molar-refractivity contribution is -0.121. The van der Waals surface area contributed by atoms with Gasteiger partial charge in [-0.3, -0.25) is 9.10 Å². The molecule has 2 N–H and O–H groups in total. The second kappa shape index (κ2) is 7.54. The first-order valence-electron chi connectivity index (χ1n) is 7.02. The third-order valence-corrected chi connectivity index (χ3v) is 5.26. The van der Waals surface area contributed by atoms with Crippen LogP contribution in [0.5, 0.6) is 0 Å². The van der Waals surface area contributed by atoms with Crippen LogP contribution in [0.2, 0.25) is 5.02 Å². The molecule has 0 aliphatic carbocycles. The number of carbonyl (C=O) groups excluding carboxylic acids is 2. The van der Waals surface area contributed by atoms with Gasteiger partial charge in [0.05, 0.1) is 16.1 Å². The minimum atomic E-state index is -3.92. The fourth-order valence-corrected chi connectivity index (χ4v) is 3.39. The normalized spacial score (nSPS) is 11.0. The maximum absolute atomic E-state index is 12.7. The van der Waals surface area contributed by atoms with Crippen molar-refractivity contribution in [3.63, 3.8) is 0 Å². The van der Waals surface area contributed by atoms with Gasteiger partial charge in [-0.1, -0.05) is 23.7 Å². The summed E-state index contributed by atoms with van der Waals surface area (Å²) in [4.78, 5) is 22.4. The van der Waals surface area contributed by atoms with Gasteiger partial charge in [0.25, 0.3) is 15.9 Å². The third-order valence-electron chi connectivity index (χ3n) is 3.25. The van der Waals surface area contributed by atoms with Gasteiger partial charge in [-0.25, -0.2) is 13.2 Å². The molecule has 0 spiro atoms. The predicted octanol–water partition coefficient (Wildman–Crippen LogP) is 1.81. The van der Waals surface area contributed by atoms with Crippen molar-refractivity contribution < 1.29 is 22.7 Å². The second-order valence-corrected chi connectivity index (χ2v) is 7.43. The molecule has 2 aromatic carbocycles. The van der Waals surface area contributed by atoms with E-state index in [1.54, 1.807) is 18.2 Å². The highest BCUT2D eigenvalue weighted by molar-refractivity contribution is 7.92. The molecular weight excluding hydrogens is 368 g/mol. The molecule has 2 aromatic rings. The Morgan fingerprint density at radius 2 is 1.84 bits per heavy atom. The van der Waals surface area contributed by atoms with Crippen LogP contribution in [0.1, 0.15) is 10.4 Å². The number of sulfonamides is 1. The number of hydrogen-bond acceptors (Lipinski definition) is 5. The molecule has 1 amide bonds. The zero-order valence-electron chi connectivity index (χ0n) is 13.2. The molecule has 0 saturated carbocycles. The van der Waals surface area contributed by atoms with E-state index in [4.69, 9.17) is 17.3 Å². The zero-order valence-corrected chi connectivity index (χ0v) is 14.8. The van der Waals surface area contributed by atoms with Crippen molar-refractivity contribution in [3.05, 3.63) is 59.1 Å². The fraction of sp³-hybridized carbons (Fsp3) is 0.125. The number of rotatable bonds is 6. The summed E-state index contributed by atoms with van der Waals surface area (Å²) in [6, 6.07) is 11.6. The van der Waals surface area contributed by atoms with Crippen LogP contribution in [-0.2, 0) is 19.6 Å². The van der Waals surface area contributed by atoms with Gasteiger partial charge >= 0.3 is 5.97 Å². The van der Waals surface area contributed by atoms with Gasteiger partial charge in [-0.05, 0) is 36.4 Å². The van der Waals surface area contributed by atoms with Crippen molar-refractivity contribution in [2.75, 3.05) is 18.0 Å². The van der Waals surface area contributed by atoms with E-state index in [9.17, 15) is 18.0 Å². The maximum Gasteiger partial charge on any atom is 0.338 e. The van der Waals surface area contributed by atoms with Gasteiger partial charge < -0.3 is 10.5 Å². The van der Waals surface area contributed by atoms with Crippen LogP contribution in [0, 0.1) is 0 Å². The Labute approximate surface area is 150 Å². The predicted molar refractivity (Wildman–Crippen MR) is 93.0 cm³/mol. The summed E-state index contributed by atoms with van der Waals surface area (Å²) in [7, 11) is -2.55. The molecule has 0 heterocycles. The molecule has 2 rings (SSSR count). The number of anilines is 1. The van der Waals surface area contributed by atoms with Crippen LogP contribution in [0.3, 0.4) is 0 Å². The highest BCUT2D eigenvalue weighted by atomic mass is 35.5. The van der Waals surface area contributed by atoms with Gasteiger partial charge in [0.2, 0.25) is 0 Å². The second-order valence-electron chi connectivity index (χ2n) is 5.02. The summed E-state index contributed by atoms with van der Waals surface area (Å²) < 4.78 is 31.2. The summed E-state index contributed by atoms with van der Waals surface area (Å²) in [5.41, 5.74) is 5.26. The molecule has 0 atom stereocenters. The van der Waals surface area contributed by atoms with E-state index in [1.807, 2.05) is 0 Å². The van der Waals surface area contributed by atoms with Crippen molar-refractivity contribution in [3.8, 4) is 0 Å². The van der Waals surface area contributed by atoms with Crippen LogP contribution >= 0.6 is 11.6 Å². The number of carbonyl (C=O) groups is 2. The molecule has 0 bridgehead atoms. The van der Waals surface area contributed by atoms with Crippen LogP contribution in [-0.4, -0.2) is 33.9 Å². The molecule has 0 saturated heterocycles. The Bertz CT molecular complexity index is 914. The zero-order chi connectivity index (χ0) is 18.6. The molecule has 0 radical (unpaired) electrons. The van der Waals surface area contributed by atoms with Crippen LogP contribution in [0.25, 0.3) is 0 Å². The molecule has 25 heavy (non-hydrogen) atoms. The topological polar surface area (TPSA) is 107 Å². The van der Waals surface area contributed by atoms with Crippen molar-refractivity contribution in [2.45, 2.75) is 4.90 Å². The first-order chi connectivity index (χ1) is 11.7. The van der Waals surface area contributed by atoms with Gasteiger partial charge in [0, 0.05) is 12.1 Å². The van der Waals surface area contributed by atoms with Gasteiger partial charge in [-0.15, -0.1) is 0 Å². The number of ether oxygens (including phenoxy) is 1. The summed E-state index contributed by atoms with van der Waals surface area (Å²) in [6.07, 6.45) is 0. The van der Waals surface area contributed by atoms with E-state index >= 15 is 0 Å². The minimum Gasteiger partial charge on any atom is -0.452 e. The first kappa shape index (κ1) is 18.8. The Kier molecular flexibility index (Phi) is 5.66. The number of halogens is 1. The van der Waals surface area contributed by atoms with E-state index in [-0.39, 0.29) is 10.5 Å². The van der Waals surface area contributed by atoms with Gasteiger partial charge in [0.1, 0.15) is 0 Å². The molecule has 0 aliphatic heterocycles. The summed E-state index contributed by atoms with van der Waals surface area (Å²) in [5.74, 6) is -1.65. The molecule has 0 aliphatic rings. The van der Waals surface area contributed by atoms with E-state index in [0.29, 0.717) is 10.7 Å². The largest absolute Gasteiger partial charge is 0.452 e. The van der Waals surface area contributed by atoms with E-state index in [1.165, 1.54) is 37.4 Å². The number of hydrogen-bond donors (Lipinski definition) is 1. The Hall–Kier alpha value is -2.58. The van der Waals surface area contributed by atoms with Gasteiger partial charge in [-0.2, -0.15) is 0 Å². The average Bonchev–Trinajstić information content (AvgIpc) is 2.59. The van der Waals surface area contributed by atoms with E-state index in [2.05, 4.69) is 4.74 Å². The molecule has 0 unspecified atom stereocenters. The molecular formula is C16H15ClN2O5S. The summed E-state index contributed by atoms with van der Waals surface area (Å²) in [6.45, 7) is -0.585.